The van der Waals surface area contributed by atoms with Crippen molar-refractivity contribution in [3.05, 3.63) is 0 Å². The Morgan fingerprint density at radius 3 is 2.00 bits per heavy atom. The van der Waals surface area contributed by atoms with E-state index in [9.17, 15) is 0 Å². The minimum atomic E-state index is -1.34. The van der Waals surface area contributed by atoms with E-state index in [0.29, 0.717) is 0 Å². The highest BCUT2D eigenvalue weighted by molar-refractivity contribution is 6.71. The van der Waals surface area contributed by atoms with Gasteiger partial charge in [0, 0.05) is 19.8 Å². The molecule has 0 aliphatic heterocycles. The maximum Gasteiger partial charge on any atom is 0.186 e. The van der Waals surface area contributed by atoms with Gasteiger partial charge in [-0.2, -0.15) is 0 Å². The molecule has 0 fully saturated rings. The predicted octanol–water partition coefficient (Wildman–Crippen LogP) is 3.73. The monoisotopic (exact) mass is 320 g/mol. The number of hydrogen-bond acceptors (Lipinski definition) is 3. The Hall–Kier alpha value is 0.314. The van der Waals surface area contributed by atoms with Crippen molar-refractivity contribution in [3.63, 3.8) is 0 Å². The summed E-state index contributed by atoms with van der Waals surface area (Å²) < 4.78 is 17.1. The quantitative estimate of drug-likeness (QED) is 0.277. The maximum atomic E-state index is 5.85. The molecule has 0 aromatic rings. The van der Waals surface area contributed by atoms with E-state index < -0.39 is 8.32 Å². The van der Waals surface area contributed by atoms with Crippen LogP contribution in [0.15, 0.2) is 0 Å². The Kier molecular flexibility index (Phi) is 13.2. The van der Waals surface area contributed by atoms with Gasteiger partial charge in [0.25, 0.3) is 0 Å². The van der Waals surface area contributed by atoms with Gasteiger partial charge in [-0.25, -0.2) is 0 Å². The van der Waals surface area contributed by atoms with Crippen molar-refractivity contribution in [2.75, 3.05) is 19.8 Å². The van der Waals surface area contributed by atoms with Crippen molar-refractivity contribution in [1.29, 1.82) is 0 Å². The van der Waals surface area contributed by atoms with Crippen molar-refractivity contribution in [2.45, 2.75) is 77.6 Å². The topological polar surface area (TPSA) is 27.7 Å². The van der Waals surface area contributed by atoms with Crippen molar-refractivity contribution in [3.8, 4) is 0 Å². The van der Waals surface area contributed by atoms with Gasteiger partial charge in [0.15, 0.2) is 8.32 Å². The summed E-state index contributed by atoms with van der Waals surface area (Å²) in [4.78, 5) is 0. The highest BCUT2D eigenvalue weighted by Gasteiger charge is 2.20. The maximum absolute atomic E-state index is 5.85. The highest BCUT2D eigenvalue weighted by Crippen LogP contribution is 2.17. The summed E-state index contributed by atoms with van der Waals surface area (Å²) in [6.45, 7) is 13.3. The van der Waals surface area contributed by atoms with Crippen LogP contribution in [0.2, 0.25) is 25.2 Å². The third-order valence-corrected chi connectivity index (χ3v) is 7.94. The SMILES string of the molecule is CCOC(OCC)[SiH2]CCCCCC[Si](C)(C)OCC. The second-order valence-electron chi connectivity index (χ2n) is 5.84. The summed E-state index contributed by atoms with van der Waals surface area (Å²) >= 11 is 0. The highest BCUT2D eigenvalue weighted by atomic mass is 28.4. The Morgan fingerprint density at radius 1 is 0.850 bits per heavy atom. The van der Waals surface area contributed by atoms with Crippen LogP contribution in [0.3, 0.4) is 0 Å². The third-order valence-electron chi connectivity index (χ3n) is 3.46. The smallest absolute Gasteiger partial charge is 0.186 e. The van der Waals surface area contributed by atoms with Gasteiger partial charge in [-0.05, 0) is 39.9 Å². The minimum absolute atomic E-state index is 0.147. The zero-order chi connectivity index (χ0) is 15.3. The summed E-state index contributed by atoms with van der Waals surface area (Å²) in [6, 6.07) is 2.65. The molecule has 0 saturated carbocycles. The second kappa shape index (κ2) is 13.0. The normalized spacial score (nSPS) is 12.9. The largest absolute Gasteiger partial charge is 0.418 e. The Balaban J connectivity index is 3.47. The van der Waals surface area contributed by atoms with Crippen LogP contribution in [0.1, 0.15) is 46.5 Å². The Bertz CT molecular complexity index is 207. The first kappa shape index (κ1) is 20.3. The Labute approximate surface area is 129 Å². The van der Waals surface area contributed by atoms with Crippen molar-refractivity contribution >= 4 is 17.8 Å². The summed E-state index contributed by atoms with van der Waals surface area (Å²) in [5, 5.41) is 0. The molecule has 0 amide bonds. The minimum Gasteiger partial charge on any atom is -0.418 e. The molecule has 0 bridgehead atoms. The molecule has 0 aromatic carbocycles. The molecule has 0 aliphatic carbocycles. The van der Waals surface area contributed by atoms with Gasteiger partial charge in [0.2, 0.25) is 0 Å². The van der Waals surface area contributed by atoms with E-state index in [0.717, 1.165) is 19.8 Å². The molecule has 0 aliphatic rings. The molecule has 0 atom stereocenters. The lowest BCUT2D eigenvalue weighted by Gasteiger charge is -2.21. The summed E-state index contributed by atoms with van der Waals surface area (Å²) in [7, 11) is -1.57. The standard InChI is InChI=1S/C15H36O3Si2/c1-6-16-15(17-7-2)19-13-11-9-10-12-14-20(4,5)18-8-3/h15H,6-14,19H2,1-5H3. The molecule has 0 heterocycles. The summed E-state index contributed by atoms with van der Waals surface area (Å²) in [5.41, 5.74) is 0. The van der Waals surface area contributed by atoms with Crippen molar-refractivity contribution in [1.82, 2.24) is 0 Å². The van der Waals surface area contributed by atoms with Crippen LogP contribution < -0.4 is 0 Å². The molecule has 0 aromatic heterocycles. The number of ether oxygens (including phenoxy) is 2. The predicted molar refractivity (Wildman–Crippen MR) is 92.8 cm³/mol. The van der Waals surface area contributed by atoms with Gasteiger partial charge >= 0.3 is 0 Å². The fourth-order valence-electron chi connectivity index (χ4n) is 2.44. The van der Waals surface area contributed by atoms with E-state index in [1.807, 2.05) is 13.8 Å². The molecule has 0 rings (SSSR count). The summed E-state index contributed by atoms with van der Waals surface area (Å²) in [5.74, 6) is 0.147. The molecule has 0 saturated heterocycles. The van der Waals surface area contributed by atoms with Crippen LogP contribution in [0.25, 0.3) is 0 Å². The molecular weight excluding hydrogens is 284 g/mol. The lowest BCUT2D eigenvalue weighted by Crippen LogP contribution is -2.29. The van der Waals surface area contributed by atoms with Crippen LogP contribution in [-0.4, -0.2) is 43.6 Å². The lowest BCUT2D eigenvalue weighted by atomic mass is 10.2. The van der Waals surface area contributed by atoms with Crippen LogP contribution in [0, 0.1) is 0 Å². The van der Waals surface area contributed by atoms with Gasteiger partial charge in [-0.1, -0.05) is 31.7 Å². The fraction of sp³-hybridized carbons (Fsp3) is 1.00. The molecule has 3 nitrogen and oxygen atoms in total. The van der Waals surface area contributed by atoms with Crippen LogP contribution in [0.4, 0.5) is 0 Å². The molecule has 0 spiro atoms. The van der Waals surface area contributed by atoms with E-state index >= 15 is 0 Å². The molecular formula is C15H36O3Si2. The van der Waals surface area contributed by atoms with Gasteiger partial charge in [-0.15, -0.1) is 0 Å². The fourth-order valence-corrected chi connectivity index (χ4v) is 6.25. The van der Waals surface area contributed by atoms with Gasteiger partial charge in [-0.3, -0.25) is 0 Å². The van der Waals surface area contributed by atoms with E-state index in [2.05, 4.69) is 20.0 Å². The number of rotatable bonds is 14. The Morgan fingerprint density at radius 2 is 1.45 bits per heavy atom. The summed E-state index contributed by atoms with van der Waals surface area (Å²) in [6.07, 6.45) is 5.39. The zero-order valence-corrected chi connectivity index (χ0v) is 16.8. The first-order valence-electron chi connectivity index (χ1n) is 8.42. The van der Waals surface area contributed by atoms with Gasteiger partial charge < -0.3 is 13.9 Å². The van der Waals surface area contributed by atoms with Gasteiger partial charge in [0.05, 0.1) is 9.52 Å². The molecule has 122 valence electrons. The number of hydrogen-bond donors (Lipinski definition) is 0. The van der Waals surface area contributed by atoms with Gasteiger partial charge in [0.1, 0.15) is 5.91 Å². The molecule has 0 radical (unpaired) electrons. The molecule has 0 unspecified atom stereocenters. The first-order chi connectivity index (χ1) is 9.55. The van der Waals surface area contributed by atoms with Crippen LogP contribution in [-0.2, 0) is 13.9 Å². The lowest BCUT2D eigenvalue weighted by molar-refractivity contribution is -0.0827. The third kappa shape index (κ3) is 12.1. The van der Waals surface area contributed by atoms with Crippen molar-refractivity contribution in [2.24, 2.45) is 0 Å². The molecule has 5 heteroatoms. The zero-order valence-electron chi connectivity index (χ0n) is 14.4. The number of unbranched alkanes of at least 4 members (excludes halogenated alkanes) is 3. The van der Waals surface area contributed by atoms with E-state index in [-0.39, 0.29) is 15.4 Å². The average Bonchev–Trinajstić information content (AvgIpc) is 2.37. The first-order valence-corrected chi connectivity index (χ1v) is 13.4. The van der Waals surface area contributed by atoms with E-state index in [1.54, 1.807) is 0 Å². The van der Waals surface area contributed by atoms with Crippen molar-refractivity contribution < 1.29 is 13.9 Å². The molecule has 20 heavy (non-hydrogen) atoms. The van der Waals surface area contributed by atoms with E-state index in [1.165, 1.54) is 37.8 Å². The average molecular weight is 321 g/mol. The van der Waals surface area contributed by atoms with E-state index in [4.69, 9.17) is 13.9 Å². The van der Waals surface area contributed by atoms with Crippen LogP contribution >= 0.6 is 0 Å². The second-order valence-corrected chi connectivity index (χ2v) is 12.1. The molecule has 0 N–H and O–H groups in total. The van der Waals surface area contributed by atoms with Crippen LogP contribution in [0.5, 0.6) is 0 Å².